The Morgan fingerprint density at radius 1 is 0.650 bits per heavy atom. The number of hydrogen-bond donors (Lipinski definition) is 4. The molecule has 2 saturated carbocycles. The summed E-state index contributed by atoms with van der Waals surface area (Å²) < 4.78 is 3.73. The van der Waals surface area contributed by atoms with E-state index in [0.29, 0.717) is 49.1 Å². The van der Waals surface area contributed by atoms with Gasteiger partial charge in [-0.3, -0.25) is 29.0 Å². The molecule has 6 heterocycles. The molecule has 328 valence electrons. The number of nitrogens with zero attached hydrogens (tertiary/aromatic N) is 4. The second kappa shape index (κ2) is 19.9. The summed E-state index contributed by atoms with van der Waals surface area (Å²) in [4.78, 5) is 57.6. The van der Waals surface area contributed by atoms with Gasteiger partial charge in [0.05, 0.1) is 23.9 Å². The van der Waals surface area contributed by atoms with Crippen LogP contribution in [0.2, 0.25) is 0 Å². The van der Waals surface area contributed by atoms with Crippen molar-refractivity contribution in [3.63, 3.8) is 0 Å². The van der Waals surface area contributed by atoms with Crippen LogP contribution in [0, 0.1) is 35.5 Å². The molecule has 4 fully saturated rings. The van der Waals surface area contributed by atoms with Crippen molar-refractivity contribution in [3.05, 3.63) is 79.6 Å². The Morgan fingerprint density at radius 2 is 1.03 bits per heavy atom. The molecule has 0 unspecified atom stereocenters. The molecule has 8 rings (SSSR count). The van der Waals surface area contributed by atoms with Gasteiger partial charge in [0.2, 0.25) is 11.8 Å². The molecule has 6 aliphatic rings. The molecule has 0 spiro atoms. The van der Waals surface area contributed by atoms with Crippen LogP contribution in [-0.2, 0) is 22.7 Å². The standard InChI is InChI=1S/2C24H35N3O3/c2*1-3-7-17-10-11-19-22-21(23(29)25-12-4-2)18(15-28)20(14-27(19)24(17)30)26(22)13-16-8-5-6-9-16/h2*3,7,10-11,16,18,20-22,28H,4-6,8-9,12-15H2,1-2H3,(H,25,29)/b7-3+;7-3-/t2*18-,20-,21+,22+/m11/s1. The molecule has 2 aromatic heterocycles. The third-order valence-corrected chi connectivity index (χ3v) is 14.7. The number of amides is 2. The van der Waals surface area contributed by atoms with Crippen molar-refractivity contribution in [2.45, 2.75) is 129 Å². The Morgan fingerprint density at radius 3 is 1.37 bits per heavy atom. The van der Waals surface area contributed by atoms with Crippen molar-refractivity contribution in [1.82, 2.24) is 29.6 Å². The molecule has 2 aromatic rings. The van der Waals surface area contributed by atoms with E-state index in [2.05, 4.69) is 20.4 Å². The van der Waals surface area contributed by atoms with Gasteiger partial charge < -0.3 is 30.0 Å². The van der Waals surface area contributed by atoms with Crippen LogP contribution < -0.4 is 21.8 Å². The van der Waals surface area contributed by atoms with Crippen LogP contribution in [0.4, 0.5) is 0 Å². The number of hydrogen-bond acceptors (Lipinski definition) is 8. The van der Waals surface area contributed by atoms with Crippen LogP contribution >= 0.6 is 0 Å². The highest BCUT2D eigenvalue weighted by molar-refractivity contribution is 5.81. The number of pyridine rings is 2. The summed E-state index contributed by atoms with van der Waals surface area (Å²) >= 11 is 0. The van der Waals surface area contributed by atoms with Gasteiger partial charge in [-0.15, -0.1) is 0 Å². The van der Waals surface area contributed by atoms with Crippen molar-refractivity contribution in [3.8, 4) is 0 Å². The van der Waals surface area contributed by atoms with E-state index in [1.165, 1.54) is 51.4 Å². The molecule has 0 aromatic carbocycles. The first-order valence-corrected chi connectivity index (χ1v) is 23.2. The lowest BCUT2D eigenvalue weighted by Gasteiger charge is -2.39. The van der Waals surface area contributed by atoms with E-state index in [1.807, 2.05) is 85.4 Å². The van der Waals surface area contributed by atoms with Crippen molar-refractivity contribution in [2.24, 2.45) is 35.5 Å². The van der Waals surface area contributed by atoms with E-state index in [0.717, 1.165) is 37.3 Å². The molecule has 8 atom stereocenters. The molecular weight excluding hydrogens is 757 g/mol. The van der Waals surface area contributed by atoms with Gasteiger partial charge in [-0.1, -0.05) is 63.8 Å². The molecular formula is C48H70N6O6. The summed E-state index contributed by atoms with van der Waals surface area (Å²) in [7, 11) is 0. The van der Waals surface area contributed by atoms with Gasteiger partial charge in [0, 0.05) is 98.9 Å². The lowest BCUT2D eigenvalue weighted by molar-refractivity contribution is -0.128. The normalized spacial score (nSPS) is 28.9. The fourth-order valence-electron chi connectivity index (χ4n) is 11.9. The highest BCUT2D eigenvalue weighted by Gasteiger charge is 2.57. The molecule has 4 bridgehead atoms. The van der Waals surface area contributed by atoms with E-state index >= 15 is 0 Å². The van der Waals surface area contributed by atoms with Crippen LogP contribution in [0.1, 0.15) is 127 Å². The molecule has 4 aliphatic heterocycles. The van der Waals surface area contributed by atoms with Crippen LogP contribution in [0.3, 0.4) is 0 Å². The number of carbonyl (C=O) groups excluding carboxylic acids is 2. The number of nitrogens with one attached hydrogen (secondary N) is 2. The summed E-state index contributed by atoms with van der Waals surface area (Å²) in [5.41, 5.74) is 3.22. The van der Waals surface area contributed by atoms with Crippen LogP contribution in [-0.4, -0.2) is 92.4 Å². The number of allylic oxidation sites excluding steroid dienone is 2. The van der Waals surface area contributed by atoms with E-state index in [4.69, 9.17) is 0 Å². The molecule has 2 saturated heterocycles. The summed E-state index contributed by atoms with van der Waals surface area (Å²) in [6.45, 7) is 12.1. The highest BCUT2D eigenvalue weighted by Crippen LogP contribution is 2.51. The van der Waals surface area contributed by atoms with Gasteiger partial charge in [-0.2, -0.15) is 0 Å². The summed E-state index contributed by atoms with van der Waals surface area (Å²) in [6, 6.07) is 7.56. The van der Waals surface area contributed by atoms with Crippen molar-refractivity contribution >= 4 is 24.0 Å². The van der Waals surface area contributed by atoms with Gasteiger partial charge >= 0.3 is 0 Å². The van der Waals surface area contributed by atoms with Crippen molar-refractivity contribution in [2.75, 3.05) is 39.4 Å². The van der Waals surface area contributed by atoms with E-state index in [-0.39, 0.29) is 84.0 Å². The fourth-order valence-corrected chi connectivity index (χ4v) is 11.9. The number of aliphatic hydroxyl groups excluding tert-OH is 2. The minimum absolute atomic E-state index is 0.00687. The number of carbonyl (C=O) groups is 2. The Labute approximate surface area is 356 Å². The quantitative estimate of drug-likeness (QED) is 0.205. The smallest absolute Gasteiger partial charge is 0.258 e. The van der Waals surface area contributed by atoms with Gasteiger partial charge in [-0.05, 0) is 88.5 Å². The number of fused-ring (bicyclic) bond motifs is 8. The highest BCUT2D eigenvalue weighted by atomic mass is 16.3. The SMILES string of the molecule is C/C=C/c1ccc2n(c1=O)C[C@@H]1[C@@H](CO)[C@H](C(=O)NCCC)[C@H]2N1CC1CCCC1.C/C=C\c1ccc2n(c1=O)C[C@@H]1[C@@H](CO)[C@H](C(=O)NCCC)[C@H]2N1CC1CCCC1. The first kappa shape index (κ1) is 44.2. The third-order valence-electron chi connectivity index (χ3n) is 14.7. The predicted octanol–water partition coefficient (Wildman–Crippen LogP) is 5.12. The van der Waals surface area contributed by atoms with Crippen molar-refractivity contribution < 1.29 is 19.8 Å². The second-order valence-corrected chi connectivity index (χ2v) is 18.3. The lowest BCUT2D eigenvalue weighted by atomic mass is 9.86. The van der Waals surface area contributed by atoms with Crippen LogP contribution in [0.5, 0.6) is 0 Å². The first-order valence-electron chi connectivity index (χ1n) is 23.2. The predicted molar refractivity (Wildman–Crippen MR) is 236 cm³/mol. The Balaban J connectivity index is 0.000000181. The van der Waals surface area contributed by atoms with Gasteiger partial charge in [0.25, 0.3) is 11.1 Å². The van der Waals surface area contributed by atoms with Gasteiger partial charge in [0.15, 0.2) is 0 Å². The maximum Gasteiger partial charge on any atom is 0.258 e. The average Bonchev–Trinajstić information content (AvgIpc) is 4.05. The van der Waals surface area contributed by atoms with E-state index < -0.39 is 0 Å². The summed E-state index contributed by atoms with van der Waals surface area (Å²) in [5.74, 6) is 0.356. The molecule has 60 heavy (non-hydrogen) atoms. The van der Waals surface area contributed by atoms with Gasteiger partial charge in [0.1, 0.15) is 0 Å². The van der Waals surface area contributed by atoms with Gasteiger partial charge in [-0.25, -0.2) is 0 Å². The zero-order chi connectivity index (χ0) is 42.5. The Bertz CT molecular complexity index is 1850. The zero-order valence-electron chi connectivity index (χ0n) is 36.4. The molecule has 2 aliphatic carbocycles. The zero-order valence-corrected chi connectivity index (χ0v) is 36.4. The molecule has 12 heteroatoms. The number of aliphatic hydroxyl groups is 2. The maximum absolute atomic E-state index is 13.2. The average molecular weight is 827 g/mol. The third kappa shape index (κ3) is 8.50. The topological polar surface area (TPSA) is 149 Å². The number of rotatable bonds is 14. The minimum Gasteiger partial charge on any atom is -0.396 e. The van der Waals surface area contributed by atoms with Crippen LogP contribution in [0.15, 0.2) is 46.0 Å². The maximum atomic E-state index is 13.2. The molecule has 4 N–H and O–H groups in total. The Kier molecular flexibility index (Phi) is 14.7. The number of aromatic nitrogens is 2. The van der Waals surface area contributed by atoms with Crippen LogP contribution in [0.25, 0.3) is 12.2 Å². The van der Waals surface area contributed by atoms with E-state index in [1.54, 1.807) is 0 Å². The lowest BCUT2D eigenvalue weighted by Crippen LogP contribution is -2.48. The molecule has 0 radical (unpaired) electrons. The summed E-state index contributed by atoms with van der Waals surface area (Å²) in [5, 5.41) is 26.8. The first-order chi connectivity index (χ1) is 29.2. The second-order valence-electron chi connectivity index (χ2n) is 18.3. The summed E-state index contributed by atoms with van der Waals surface area (Å²) in [6.07, 6.45) is 19.3. The minimum atomic E-state index is -0.325. The monoisotopic (exact) mass is 827 g/mol. The molecule has 2 amide bonds. The fraction of sp³-hybridized carbons (Fsp3) is 0.667. The molecule has 12 nitrogen and oxygen atoms in total. The van der Waals surface area contributed by atoms with E-state index in [9.17, 15) is 29.4 Å². The van der Waals surface area contributed by atoms with Crippen molar-refractivity contribution in [1.29, 1.82) is 0 Å². The Hall–Kier alpha value is -3.84. The largest absolute Gasteiger partial charge is 0.396 e.